The van der Waals surface area contributed by atoms with Crippen molar-refractivity contribution in [2.75, 3.05) is 13.3 Å². The molecule has 1 aromatic heterocycles. The second-order valence-corrected chi connectivity index (χ2v) is 7.24. The minimum atomic E-state index is -3.83. The molecule has 25 heavy (non-hydrogen) atoms. The number of imidazole rings is 1. The smallest absolute Gasteiger partial charge is 0.260 e. The number of rotatable bonds is 6. The van der Waals surface area contributed by atoms with Gasteiger partial charge in [0.25, 0.3) is 10.0 Å². The number of aryl methyl sites for hydroxylation is 2. The fraction of sp³-hybridized carbons (Fsp3) is 0.333. The first-order valence-electron chi connectivity index (χ1n) is 7.50. The summed E-state index contributed by atoms with van der Waals surface area (Å²) in [7, 11) is -2.13. The largest absolute Gasteiger partial charge is 0.454 e. The molecule has 0 saturated heterocycles. The van der Waals surface area contributed by atoms with E-state index in [1.54, 1.807) is 36.7 Å². The number of sulfonamides is 1. The lowest BCUT2D eigenvalue weighted by Gasteiger charge is -2.07. The molecule has 1 aliphatic rings. The van der Waals surface area contributed by atoms with E-state index in [-0.39, 0.29) is 24.9 Å². The van der Waals surface area contributed by atoms with Gasteiger partial charge in [-0.1, -0.05) is 6.07 Å². The molecule has 0 unspecified atom stereocenters. The molecule has 2 aromatic rings. The Labute approximate surface area is 145 Å². The highest BCUT2D eigenvalue weighted by molar-refractivity contribution is 7.89. The lowest BCUT2D eigenvalue weighted by atomic mass is 10.2. The van der Waals surface area contributed by atoms with Crippen LogP contribution in [0.2, 0.25) is 0 Å². The maximum Gasteiger partial charge on any atom is 0.260 e. The van der Waals surface area contributed by atoms with Crippen LogP contribution in [-0.4, -0.2) is 37.2 Å². The maximum atomic E-state index is 12.1. The zero-order valence-corrected chi connectivity index (χ0v) is 14.6. The van der Waals surface area contributed by atoms with Crippen molar-refractivity contribution in [2.24, 2.45) is 7.05 Å². The number of nitrogens with zero attached hydrogens (tertiary/aromatic N) is 2. The van der Waals surface area contributed by atoms with E-state index in [2.05, 4.69) is 15.0 Å². The molecule has 0 aliphatic carbocycles. The summed E-state index contributed by atoms with van der Waals surface area (Å²) in [6.45, 7) is 1.75. The normalized spacial score (nSPS) is 13.0. The van der Waals surface area contributed by atoms with E-state index in [1.165, 1.54) is 6.20 Å². The first-order chi connectivity index (χ1) is 11.8. The summed E-state index contributed by atoms with van der Waals surface area (Å²) in [6, 6.07) is 5.33. The maximum absolute atomic E-state index is 12.1. The van der Waals surface area contributed by atoms with Crippen LogP contribution in [0.25, 0.3) is 0 Å². The highest BCUT2D eigenvalue weighted by Gasteiger charge is 2.19. The van der Waals surface area contributed by atoms with Gasteiger partial charge in [-0.05, 0) is 24.6 Å². The van der Waals surface area contributed by atoms with Gasteiger partial charge in [0.2, 0.25) is 12.7 Å². The third-order valence-corrected chi connectivity index (χ3v) is 4.98. The Morgan fingerprint density at radius 1 is 1.32 bits per heavy atom. The summed E-state index contributed by atoms with van der Waals surface area (Å²) in [6.07, 6.45) is 1.39. The van der Waals surface area contributed by atoms with Gasteiger partial charge in [-0.3, -0.25) is 4.79 Å². The summed E-state index contributed by atoms with van der Waals surface area (Å²) in [5.41, 5.74) is 0.820. The third-order valence-electron chi connectivity index (χ3n) is 3.71. The topological polar surface area (TPSA) is 112 Å². The first kappa shape index (κ1) is 17.2. The molecule has 134 valence electrons. The highest BCUT2D eigenvalue weighted by Crippen LogP contribution is 2.32. The monoisotopic (exact) mass is 366 g/mol. The van der Waals surface area contributed by atoms with Crippen LogP contribution in [-0.2, 0) is 28.4 Å². The molecule has 0 saturated carbocycles. The van der Waals surface area contributed by atoms with Crippen LogP contribution in [0.3, 0.4) is 0 Å². The number of nitrogens with one attached hydrogen (secondary N) is 2. The van der Waals surface area contributed by atoms with Crippen molar-refractivity contribution in [3.63, 3.8) is 0 Å². The lowest BCUT2D eigenvalue weighted by Crippen LogP contribution is -2.36. The van der Waals surface area contributed by atoms with Crippen LogP contribution in [0.1, 0.15) is 11.4 Å². The van der Waals surface area contributed by atoms with E-state index in [0.29, 0.717) is 17.3 Å². The number of carbonyl (C=O) groups excluding carboxylic acids is 1. The molecular weight excluding hydrogens is 348 g/mol. The zero-order valence-electron chi connectivity index (χ0n) is 13.8. The van der Waals surface area contributed by atoms with Crippen molar-refractivity contribution in [2.45, 2.75) is 18.5 Å². The molecule has 2 N–H and O–H groups in total. The van der Waals surface area contributed by atoms with Crippen LogP contribution in [0.15, 0.2) is 29.4 Å². The van der Waals surface area contributed by atoms with Crippen LogP contribution >= 0.6 is 0 Å². The first-order valence-corrected chi connectivity index (χ1v) is 8.98. The van der Waals surface area contributed by atoms with Crippen LogP contribution in [0.5, 0.6) is 11.5 Å². The molecule has 0 radical (unpaired) electrons. The van der Waals surface area contributed by atoms with E-state index in [4.69, 9.17) is 9.47 Å². The number of hydrogen-bond donors (Lipinski definition) is 2. The Balaban J connectivity index is 1.52. The van der Waals surface area contributed by atoms with Gasteiger partial charge >= 0.3 is 0 Å². The quantitative estimate of drug-likeness (QED) is 0.747. The Kier molecular flexibility index (Phi) is 4.64. The number of aromatic nitrogens is 2. The van der Waals surface area contributed by atoms with Gasteiger partial charge in [0.05, 0.1) is 6.54 Å². The minimum absolute atomic E-state index is 0.115. The highest BCUT2D eigenvalue weighted by atomic mass is 32.2. The van der Waals surface area contributed by atoms with Crippen molar-refractivity contribution in [3.05, 3.63) is 35.8 Å². The molecule has 10 heteroatoms. The SMILES string of the molecule is Cc1nc(S(=O)(=O)NCC(=O)NCc2ccc3c(c2)OCO3)cn1C. The summed E-state index contributed by atoms with van der Waals surface area (Å²) in [5.74, 6) is 1.40. The molecule has 1 aromatic carbocycles. The van der Waals surface area contributed by atoms with Crippen LogP contribution in [0.4, 0.5) is 0 Å². The summed E-state index contributed by atoms with van der Waals surface area (Å²) >= 11 is 0. The van der Waals surface area contributed by atoms with E-state index in [9.17, 15) is 13.2 Å². The summed E-state index contributed by atoms with van der Waals surface area (Å²) in [4.78, 5) is 15.8. The van der Waals surface area contributed by atoms with E-state index in [1.807, 2.05) is 0 Å². The molecule has 1 amide bonds. The Hall–Kier alpha value is -2.59. The van der Waals surface area contributed by atoms with Crippen molar-refractivity contribution >= 4 is 15.9 Å². The second kappa shape index (κ2) is 6.73. The van der Waals surface area contributed by atoms with E-state index >= 15 is 0 Å². The van der Waals surface area contributed by atoms with Crippen molar-refractivity contribution < 1.29 is 22.7 Å². The number of benzene rings is 1. The number of amides is 1. The Morgan fingerprint density at radius 2 is 2.08 bits per heavy atom. The Morgan fingerprint density at radius 3 is 2.80 bits per heavy atom. The molecule has 2 heterocycles. The van der Waals surface area contributed by atoms with Crippen molar-refractivity contribution in [3.8, 4) is 11.5 Å². The fourth-order valence-electron chi connectivity index (χ4n) is 2.20. The molecule has 0 atom stereocenters. The molecule has 0 bridgehead atoms. The van der Waals surface area contributed by atoms with Crippen molar-refractivity contribution in [1.29, 1.82) is 0 Å². The summed E-state index contributed by atoms with van der Waals surface area (Å²) in [5, 5.41) is 2.53. The minimum Gasteiger partial charge on any atom is -0.454 e. The number of fused-ring (bicyclic) bond motifs is 1. The van der Waals surface area contributed by atoms with Gasteiger partial charge in [0, 0.05) is 19.8 Å². The molecule has 3 rings (SSSR count). The predicted octanol–water partition coefficient (Wildman–Crippen LogP) is 0.0519. The average Bonchev–Trinajstić information content (AvgIpc) is 3.17. The van der Waals surface area contributed by atoms with Gasteiger partial charge in [-0.25, -0.2) is 18.1 Å². The van der Waals surface area contributed by atoms with Gasteiger partial charge < -0.3 is 19.4 Å². The van der Waals surface area contributed by atoms with Crippen LogP contribution in [0, 0.1) is 6.92 Å². The van der Waals surface area contributed by atoms with Gasteiger partial charge in [-0.15, -0.1) is 0 Å². The number of ether oxygens (including phenoxy) is 2. The summed E-state index contributed by atoms with van der Waals surface area (Å²) < 4.78 is 38.5. The number of carbonyl (C=O) groups is 1. The number of hydrogen-bond acceptors (Lipinski definition) is 6. The van der Waals surface area contributed by atoms with E-state index < -0.39 is 15.9 Å². The predicted molar refractivity (Wildman–Crippen MR) is 87.5 cm³/mol. The molecular formula is C15H18N4O5S. The van der Waals surface area contributed by atoms with Crippen LogP contribution < -0.4 is 19.5 Å². The molecule has 1 aliphatic heterocycles. The van der Waals surface area contributed by atoms with Gasteiger partial charge in [0.15, 0.2) is 16.5 Å². The van der Waals surface area contributed by atoms with Gasteiger partial charge in [-0.2, -0.15) is 0 Å². The van der Waals surface area contributed by atoms with E-state index in [0.717, 1.165) is 5.56 Å². The van der Waals surface area contributed by atoms with Crippen molar-refractivity contribution in [1.82, 2.24) is 19.6 Å². The molecule has 9 nitrogen and oxygen atoms in total. The molecule has 0 fully saturated rings. The fourth-order valence-corrected chi connectivity index (χ4v) is 3.22. The standard InChI is InChI=1S/C15H18N4O5S/c1-10-18-15(8-19(10)2)25(21,22)17-7-14(20)16-6-11-3-4-12-13(5-11)24-9-23-12/h3-5,8,17H,6-7,9H2,1-2H3,(H,16,20). The average molecular weight is 366 g/mol. The van der Waals surface area contributed by atoms with Gasteiger partial charge in [0.1, 0.15) is 5.82 Å². The third kappa shape index (κ3) is 3.91. The molecule has 0 spiro atoms. The lowest BCUT2D eigenvalue weighted by molar-refractivity contribution is -0.120. The second-order valence-electron chi connectivity index (χ2n) is 5.53. The zero-order chi connectivity index (χ0) is 18.0. The Bertz CT molecular complexity index is 887.